The molecule has 0 bridgehead atoms. The van der Waals surface area contributed by atoms with Crippen molar-refractivity contribution in [3.63, 3.8) is 0 Å². The van der Waals surface area contributed by atoms with Gasteiger partial charge < -0.3 is 9.84 Å². The zero-order chi connectivity index (χ0) is 23.7. The molecule has 1 fully saturated rings. The molecular formula is C26H23ClN2O4. The minimum Gasteiger partial charge on any atom is -0.507 e. The quantitative estimate of drug-likeness (QED) is 0.309. The number of anilines is 1. The number of nitrogens with zero attached hydrogens (tertiary/aromatic N) is 2. The zero-order valence-electron chi connectivity index (χ0n) is 18.4. The van der Waals surface area contributed by atoms with Gasteiger partial charge in [-0.25, -0.2) is 0 Å². The molecule has 4 rings (SSSR count). The van der Waals surface area contributed by atoms with Gasteiger partial charge in [0.05, 0.1) is 17.4 Å². The summed E-state index contributed by atoms with van der Waals surface area (Å²) >= 11 is 6.01. The molecule has 1 aliphatic rings. The predicted octanol–water partition coefficient (Wildman–Crippen LogP) is 5.46. The van der Waals surface area contributed by atoms with Crippen LogP contribution in [0, 0.1) is 6.92 Å². The number of aromatic nitrogens is 1. The van der Waals surface area contributed by atoms with E-state index in [9.17, 15) is 14.7 Å². The van der Waals surface area contributed by atoms with Gasteiger partial charge in [-0.05, 0) is 80.9 Å². The highest BCUT2D eigenvalue weighted by Gasteiger charge is 2.47. The molecule has 0 aliphatic carbocycles. The van der Waals surface area contributed by atoms with E-state index in [4.69, 9.17) is 16.3 Å². The van der Waals surface area contributed by atoms with E-state index in [2.05, 4.69) is 4.98 Å². The van der Waals surface area contributed by atoms with Gasteiger partial charge in [-0.1, -0.05) is 17.7 Å². The Morgan fingerprint density at radius 2 is 1.82 bits per heavy atom. The van der Waals surface area contributed by atoms with Crippen molar-refractivity contribution in [2.75, 3.05) is 4.90 Å². The second-order valence-electron chi connectivity index (χ2n) is 8.05. The van der Waals surface area contributed by atoms with Crippen molar-refractivity contribution in [2.24, 2.45) is 0 Å². The molecule has 3 aromatic rings. The van der Waals surface area contributed by atoms with E-state index < -0.39 is 17.7 Å². The van der Waals surface area contributed by atoms with E-state index in [-0.39, 0.29) is 17.4 Å². The number of rotatable bonds is 5. The maximum atomic E-state index is 13.2. The Kier molecular flexibility index (Phi) is 6.20. The fraction of sp³-hybridized carbons (Fsp3) is 0.192. The van der Waals surface area contributed by atoms with Crippen molar-refractivity contribution >= 4 is 34.7 Å². The first kappa shape index (κ1) is 22.6. The first-order valence-electron chi connectivity index (χ1n) is 10.5. The monoisotopic (exact) mass is 462 g/mol. The maximum absolute atomic E-state index is 13.2. The number of pyridine rings is 1. The van der Waals surface area contributed by atoms with Crippen molar-refractivity contribution in [1.82, 2.24) is 4.98 Å². The van der Waals surface area contributed by atoms with E-state index in [1.807, 2.05) is 20.8 Å². The Morgan fingerprint density at radius 1 is 1.09 bits per heavy atom. The Balaban J connectivity index is 1.87. The fourth-order valence-electron chi connectivity index (χ4n) is 3.86. The van der Waals surface area contributed by atoms with Crippen LogP contribution in [0.3, 0.4) is 0 Å². The summed E-state index contributed by atoms with van der Waals surface area (Å²) in [7, 11) is 0. The lowest BCUT2D eigenvalue weighted by molar-refractivity contribution is -0.132. The molecule has 1 N–H and O–H groups in total. The molecule has 1 saturated heterocycles. The average Bonchev–Trinajstić information content (AvgIpc) is 3.06. The van der Waals surface area contributed by atoms with Crippen LogP contribution in [0.15, 0.2) is 72.4 Å². The van der Waals surface area contributed by atoms with Gasteiger partial charge in [0, 0.05) is 22.5 Å². The van der Waals surface area contributed by atoms with Crippen LogP contribution in [-0.2, 0) is 9.59 Å². The molecule has 6 nitrogen and oxygen atoms in total. The van der Waals surface area contributed by atoms with Gasteiger partial charge in [-0.2, -0.15) is 0 Å². The van der Waals surface area contributed by atoms with Crippen LogP contribution in [0.25, 0.3) is 5.76 Å². The number of hydrogen-bond acceptors (Lipinski definition) is 5. The normalized spacial score (nSPS) is 17.6. The standard InChI is InChI=1S/C26H23ClN2O4/c1-15(2)33-21-12-7-17(14-16(21)3)24(30)22-23(20-6-4-5-13-28-20)29(26(32)25(22)31)19-10-8-18(27)9-11-19/h4-15,23,30H,1-3H3/b24-22-. The van der Waals surface area contributed by atoms with Gasteiger partial charge in [-0.3, -0.25) is 19.5 Å². The number of benzene rings is 2. The van der Waals surface area contributed by atoms with Crippen molar-refractivity contribution in [3.8, 4) is 5.75 Å². The molecule has 33 heavy (non-hydrogen) atoms. The van der Waals surface area contributed by atoms with Crippen LogP contribution in [0.1, 0.15) is 36.7 Å². The number of halogens is 1. The van der Waals surface area contributed by atoms with Gasteiger partial charge >= 0.3 is 0 Å². The highest BCUT2D eigenvalue weighted by Crippen LogP contribution is 2.42. The molecule has 2 aromatic carbocycles. The summed E-state index contributed by atoms with van der Waals surface area (Å²) in [5, 5.41) is 11.7. The molecule has 2 heterocycles. The zero-order valence-corrected chi connectivity index (χ0v) is 19.2. The summed E-state index contributed by atoms with van der Waals surface area (Å²) < 4.78 is 5.77. The van der Waals surface area contributed by atoms with Crippen LogP contribution < -0.4 is 9.64 Å². The fourth-order valence-corrected chi connectivity index (χ4v) is 3.98. The van der Waals surface area contributed by atoms with E-state index in [1.165, 1.54) is 4.90 Å². The minimum absolute atomic E-state index is 0.00278. The minimum atomic E-state index is -0.890. The number of aliphatic hydroxyl groups is 1. The largest absolute Gasteiger partial charge is 0.507 e. The summed E-state index contributed by atoms with van der Waals surface area (Å²) in [5.41, 5.74) is 2.14. The molecule has 168 valence electrons. The topological polar surface area (TPSA) is 79.7 Å². The molecule has 0 radical (unpaired) electrons. The summed E-state index contributed by atoms with van der Waals surface area (Å²) in [6, 6.07) is 16.1. The van der Waals surface area contributed by atoms with E-state index in [1.54, 1.807) is 66.9 Å². The van der Waals surface area contributed by atoms with Crippen LogP contribution in [0.4, 0.5) is 5.69 Å². The molecule has 7 heteroatoms. The third-order valence-corrected chi connectivity index (χ3v) is 5.58. The van der Waals surface area contributed by atoms with Gasteiger partial charge in [0.15, 0.2) is 0 Å². The third kappa shape index (κ3) is 4.34. The molecule has 1 unspecified atom stereocenters. The highest BCUT2D eigenvalue weighted by atomic mass is 35.5. The van der Waals surface area contributed by atoms with Crippen molar-refractivity contribution in [2.45, 2.75) is 32.9 Å². The molecule has 1 aliphatic heterocycles. The van der Waals surface area contributed by atoms with Gasteiger partial charge in [0.1, 0.15) is 17.6 Å². The number of aryl methyl sites for hydroxylation is 1. The van der Waals surface area contributed by atoms with E-state index in [0.717, 1.165) is 5.56 Å². The second-order valence-corrected chi connectivity index (χ2v) is 8.48. The Labute approximate surface area is 197 Å². The van der Waals surface area contributed by atoms with Gasteiger partial charge in [-0.15, -0.1) is 0 Å². The Bertz CT molecular complexity index is 1240. The smallest absolute Gasteiger partial charge is 0.300 e. The third-order valence-electron chi connectivity index (χ3n) is 5.33. The second kappa shape index (κ2) is 9.08. The average molecular weight is 463 g/mol. The molecular weight excluding hydrogens is 440 g/mol. The first-order valence-corrected chi connectivity index (χ1v) is 10.9. The SMILES string of the molecule is Cc1cc(/C(O)=C2/C(=O)C(=O)N(c3ccc(Cl)cc3)C2c2ccccn2)ccc1OC(C)C. The number of carbonyl (C=O) groups excluding carboxylic acids is 2. The lowest BCUT2D eigenvalue weighted by atomic mass is 9.97. The lowest BCUT2D eigenvalue weighted by Gasteiger charge is -2.24. The van der Waals surface area contributed by atoms with Crippen molar-refractivity contribution < 1.29 is 19.4 Å². The number of carbonyl (C=O) groups is 2. The van der Waals surface area contributed by atoms with Crippen LogP contribution in [0.5, 0.6) is 5.75 Å². The first-order chi connectivity index (χ1) is 15.8. The van der Waals surface area contributed by atoms with Crippen molar-refractivity contribution in [1.29, 1.82) is 0 Å². The maximum Gasteiger partial charge on any atom is 0.300 e. The lowest BCUT2D eigenvalue weighted by Crippen LogP contribution is -2.29. The molecule has 1 aromatic heterocycles. The number of amides is 1. The number of ketones is 1. The Hall–Kier alpha value is -3.64. The van der Waals surface area contributed by atoms with Crippen LogP contribution in [0.2, 0.25) is 5.02 Å². The van der Waals surface area contributed by atoms with Gasteiger partial charge in [0.25, 0.3) is 11.7 Å². The molecule has 0 spiro atoms. The van der Waals surface area contributed by atoms with Crippen LogP contribution >= 0.6 is 11.6 Å². The summed E-state index contributed by atoms with van der Waals surface area (Å²) in [4.78, 5) is 32.0. The number of aliphatic hydroxyl groups excluding tert-OH is 1. The predicted molar refractivity (Wildman–Crippen MR) is 127 cm³/mol. The summed E-state index contributed by atoms with van der Waals surface area (Å²) in [5.74, 6) is -1.10. The number of ether oxygens (including phenoxy) is 1. The van der Waals surface area contributed by atoms with Crippen LogP contribution in [-0.4, -0.2) is 27.9 Å². The van der Waals surface area contributed by atoms with Crippen molar-refractivity contribution in [3.05, 3.63) is 94.3 Å². The number of Topliss-reactive ketones (excluding diaryl/α,β-unsaturated/α-hetero) is 1. The molecule has 0 saturated carbocycles. The van der Waals surface area contributed by atoms with Gasteiger partial charge in [0.2, 0.25) is 0 Å². The van der Waals surface area contributed by atoms with E-state index in [0.29, 0.717) is 27.7 Å². The molecule has 1 amide bonds. The highest BCUT2D eigenvalue weighted by molar-refractivity contribution is 6.51. The van der Waals surface area contributed by atoms with E-state index >= 15 is 0 Å². The summed E-state index contributed by atoms with van der Waals surface area (Å²) in [6.07, 6.45) is 1.58. The summed E-state index contributed by atoms with van der Waals surface area (Å²) in [6.45, 7) is 5.72. The molecule has 1 atom stereocenters. The number of hydrogen-bond donors (Lipinski definition) is 1. The Morgan fingerprint density at radius 3 is 2.42 bits per heavy atom.